The van der Waals surface area contributed by atoms with E-state index in [-0.39, 0.29) is 32.2 Å². The second-order valence-corrected chi connectivity index (χ2v) is 7.15. The molecule has 7 nitrogen and oxygen atoms in total. The maximum atomic E-state index is 12.2. The molecule has 9 heteroatoms. The average molecular weight is 472 g/mol. The molecule has 0 spiro atoms. The van der Waals surface area contributed by atoms with Gasteiger partial charge in [0.2, 0.25) is 0 Å². The number of halogens is 2. The molecule has 0 aromatic heterocycles. The van der Waals surface area contributed by atoms with E-state index in [0.717, 1.165) is 11.3 Å². The van der Waals surface area contributed by atoms with E-state index in [1.54, 1.807) is 18.2 Å². The van der Waals surface area contributed by atoms with Crippen LogP contribution in [0.2, 0.25) is 10.0 Å². The van der Waals surface area contributed by atoms with Crippen LogP contribution in [0.4, 0.5) is 11.4 Å². The molecule has 0 aliphatic carbocycles. The van der Waals surface area contributed by atoms with Gasteiger partial charge in [0.25, 0.3) is 0 Å². The molecule has 2 rings (SSSR count). The van der Waals surface area contributed by atoms with Gasteiger partial charge in [-0.1, -0.05) is 47.5 Å². The highest BCUT2D eigenvalue weighted by molar-refractivity contribution is 6.39. The first-order chi connectivity index (χ1) is 15.1. The van der Waals surface area contributed by atoms with E-state index >= 15 is 0 Å². The monoisotopic (exact) mass is 471 g/mol. The predicted octanol–water partition coefficient (Wildman–Crippen LogP) is 3.86. The molecule has 0 atom stereocenters. The summed E-state index contributed by atoms with van der Waals surface area (Å²) in [6.45, 7) is 2.42. The first kappa shape index (κ1) is 25.4. The minimum atomic E-state index is -0.361. The van der Waals surface area contributed by atoms with Gasteiger partial charge in [0.15, 0.2) is 0 Å². The third kappa shape index (κ3) is 9.86. The van der Waals surface area contributed by atoms with E-state index < -0.39 is 0 Å². The maximum Gasteiger partial charge on any atom is 0.310 e. The number of hydrogen-bond donors (Lipinski definition) is 2. The Kier molecular flexibility index (Phi) is 12.3. The number of hydrogen-bond acceptors (Lipinski definition) is 7. The van der Waals surface area contributed by atoms with Gasteiger partial charge < -0.3 is 29.4 Å². The smallest absolute Gasteiger partial charge is 0.310 e. The van der Waals surface area contributed by atoms with Crippen molar-refractivity contribution in [3.63, 3.8) is 0 Å². The Bertz CT molecular complexity index is 785. The van der Waals surface area contributed by atoms with E-state index in [1.807, 2.05) is 24.3 Å². The van der Waals surface area contributed by atoms with E-state index in [1.165, 1.54) is 0 Å². The Hall–Kier alpha value is -1.87. The van der Waals surface area contributed by atoms with Gasteiger partial charge in [0.05, 0.1) is 68.4 Å². The number of anilines is 2. The zero-order valence-electron chi connectivity index (χ0n) is 17.1. The average Bonchev–Trinajstić information content (AvgIpc) is 2.76. The summed E-state index contributed by atoms with van der Waals surface area (Å²) >= 11 is 12.4. The fourth-order valence-corrected chi connectivity index (χ4v) is 3.07. The van der Waals surface area contributed by atoms with E-state index in [2.05, 4.69) is 5.32 Å². The van der Waals surface area contributed by atoms with Crippen LogP contribution in [0.15, 0.2) is 42.5 Å². The molecule has 0 fully saturated rings. The summed E-state index contributed by atoms with van der Waals surface area (Å²) in [5.41, 5.74) is 2.08. The van der Waals surface area contributed by atoms with Gasteiger partial charge >= 0.3 is 5.97 Å². The summed E-state index contributed by atoms with van der Waals surface area (Å²) in [6, 6.07) is 12.6. The van der Waals surface area contributed by atoms with Gasteiger partial charge in [-0.2, -0.15) is 0 Å². The van der Waals surface area contributed by atoms with Crippen molar-refractivity contribution < 1.29 is 28.8 Å². The lowest BCUT2D eigenvalue weighted by Gasteiger charge is -2.14. The van der Waals surface area contributed by atoms with Gasteiger partial charge in [-0.05, 0) is 23.8 Å². The highest BCUT2D eigenvalue weighted by Gasteiger charge is 2.12. The number of para-hydroxylation sites is 2. The normalized spacial score (nSPS) is 10.8. The Labute approximate surface area is 192 Å². The third-order valence-corrected chi connectivity index (χ3v) is 4.67. The van der Waals surface area contributed by atoms with Crippen LogP contribution >= 0.6 is 23.2 Å². The fourth-order valence-electron chi connectivity index (χ4n) is 2.58. The minimum absolute atomic E-state index is 0.000341. The highest BCUT2D eigenvalue weighted by Crippen LogP contribution is 2.33. The molecule has 0 saturated heterocycles. The lowest BCUT2D eigenvalue weighted by Crippen LogP contribution is -2.15. The van der Waals surface area contributed by atoms with E-state index in [4.69, 9.17) is 47.3 Å². The topological polar surface area (TPSA) is 86.3 Å². The van der Waals surface area contributed by atoms with Crippen LogP contribution in [0.3, 0.4) is 0 Å². The second kappa shape index (κ2) is 15.0. The van der Waals surface area contributed by atoms with E-state index in [0.29, 0.717) is 48.8 Å². The number of benzene rings is 2. The van der Waals surface area contributed by atoms with Crippen LogP contribution in [0.5, 0.6) is 0 Å². The summed E-state index contributed by atoms with van der Waals surface area (Å²) in [7, 11) is 0. The molecule has 0 saturated carbocycles. The molecule has 2 aromatic carbocycles. The third-order valence-electron chi connectivity index (χ3n) is 4.04. The predicted molar refractivity (Wildman–Crippen MR) is 120 cm³/mol. The molecule has 2 N–H and O–H groups in total. The van der Waals surface area contributed by atoms with Gasteiger partial charge in [0.1, 0.15) is 6.61 Å². The van der Waals surface area contributed by atoms with Gasteiger partial charge in [-0.15, -0.1) is 0 Å². The summed E-state index contributed by atoms with van der Waals surface area (Å²) in [5, 5.41) is 12.7. The number of carbonyl (C=O) groups is 1. The number of rotatable bonds is 15. The van der Waals surface area contributed by atoms with Gasteiger partial charge in [-0.3, -0.25) is 4.79 Å². The van der Waals surface area contributed by atoms with Crippen molar-refractivity contribution in [2.75, 3.05) is 58.2 Å². The minimum Gasteiger partial charge on any atom is -0.463 e. The van der Waals surface area contributed by atoms with Crippen molar-refractivity contribution in [1.82, 2.24) is 0 Å². The quantitative estimate of drug-likeness (QED) is 0.301. The highest BCUT2D eigenvalue weighted by atomic mass is 35.5. The van der Waals surface area contributed by atoms with Crippen LogP contribution in [0.25, 0.3) is 0 Å². The molecular weight excluding hydrogens is 445 g/mol. The van der Waals surface area contributed by atoms with Gasteiger partial charge in [-0.25, -0.2) is 0 Å². The molecule has 2 aromatic rings. The van der Waals surface area contributed by atoms with Crippen molar-refractivity contribution in [3.8, 4) is 0 Å². The lowest BCUT2D eigenvalue weighted by molar-refractivity contribution is -0.144. The van der Waals surface area contributed by atoms with Crippen LogP contribution < -0.4 is 5.32 Å². The molecule has 170 valence electrons. The van der Waals surface area contributed by atoms with E-state index in [9.17, 15) is 4.79 Å². The summed E-state index contributed by atoms with van der Waals surface area (Å²) < 4.78 is 21.0. The molecule has 0 amide bonds. The molecule has 0 radical (unpaired) electrons. The molecule has 0 bridgehead atoms. The van der Waals surface area contributed by atoms with Crippen molar-refractivity contribution in [1.29, 1.82) is 0 Å². The molecule has 31 heavy (non-hydrogen) atoms. The Morgan fingerprint density at radius 3 is 2.03 bits per heavy atom. The van der Waals surface area contributed by atoms with Crippen LogP contribution in [-0.4, -0.2) is 63.9 Å². The second-order valence-electron chi connectivity index (χ2n) is 6.34. The first-order valence-corrected chi connectivity index (χ1v) is 10.7. The van der Waals surface area contributed by atoms with Crippen LogP contribution in [0, 0.1) is 0 Å². The number of carbonyl (C=O) groups excluding carboxylic acids is 1. The molecule has 0 aliphatic rings. The molecule has 0 aliphatic heterocycles. The van der Waals surface area contributed by atoms with Crippen molar-refractivity contribution in [2.24, 2.45) is 0 Å². The molecule has 0 heterocycles. The van der Waals surface area contributed by atoms with Crippen molar-refractivity contribution >= 4 is 40.5 Å². The summed E-state index contributed by atoms with van der Waals surface area (Å²) in [5.74, 6) is -0.361. The summed E-state index contributed by atoms with van der Waals surface area (Å²) in [4.78, 5) is 12.2. The fraction of sp³-hybridized carbons (Fsp3) is 0.409. The Morgan fingerprint density at radius 2 is 1.39 bits per heavy atom. The number of ether oxygens (including phenoxy) is 4. The largest absolute Gasteiger partial charge is 0.463 e. The van der Waals surface area contributed by atoms with Crippen molar-refractivity contribution in [2.45, 2.75) is 6.42 Å². The summed E-state index contributed by atoms with van der Waals surface area (Å²) in [6.07, 6.45) is 0.0994. The number of nitrogens with one attached hydrogen (secondary N) is 1. The Morgan fingerprint density at radius 1 is 0.806 bits per heavy atom. The zero-order chi connectivity index (χ0) is 22.3. The number of aliphatic hydroxyl groups excluding tert-OH is 1. The first-order valence-electron chi connectivity index (χ1n) is 9.90. The number of esters is 1. The molecule has 0 unspecified atom stereocenters. The lowest BCUT2D eigenvalue weighted by atomic mass is 10.1. The van der Waals surface area contributed by atoms with Crippen molar-refractivity contribution in [3.05, 3.63) is 58.1 Å². The SMILES string of the molecule is O=C(Cc1ccccc1Nc1c(Cl)cccc1Cl)OCCOCCOCCOCCO. The zero-order valence-corrected chi connectivity index (χ0v) is 18.7. The van der Waals surface area contributed by atoms with Crippen LogP contribution in [0.1, 0.15) is 5.56 Å². The van der Waals surface area contributed by atoms with Crippen LogP contribution in [-0.2, 0) is 30.2 Å². The number of aliphatic hydroxyl groups is 1. The Balaban J connectivity index is 1.68. The standard InChI is InChI=1S/C22H27Cl2NO6/c23-18-5-3-6-19(24)22(18)25-20-7-2-1-4-17(20)16-21(27)31-15-14-30-13-12-29-11-10-28-9-8-26/h1-7,25-26H,8-16H2. The van der Waals surface area contributed by atoms with Gasteiger partial charge in [0, 0.05) is 5.69 Å². The molecular formula is C22H27Cl2NO6. The maximum absolute atomic E-state index is 12.2.